The molecule has 0 spiro atoms. The molecule has 1 aromatic heterocycles. The van der Waals surface area contributed by atoms with Crippen molar-refractivity contribution in [3.63, 3.8) is 0 Å². The van der Waals surface area contributed by atoms with Crippen LogP contribution in [0.25, 0.3) is 11.4 Å². The van der Waals surface area contributed by atoms with E-state index in [9.17, 15) is 4.79 Å². The molecule has 1 fully saturated rings. The van der Waals surface area contributed by atoms with Gasteiger partial charge in [0.05, 0.1) is 19.2 Å². The maximum atomic E-state index is 12.9. The second-order valence-corrected chi connectivity index (χ2v) is 7.68. The van der Waals surface area contributed by atoms with Crippen LogP contribution in [0.1, 0.15) is 21.8 Å². The average Bonchev–Trinajstić information content (AvgIpc) is 3.22. The van der Waals surface area contributed by atoms with Gasteiger partial charge >= 0.3 is 0 Å². The van der Waals surface area contributed by atoms with E-state index >= 15 is 0 Å². The Kier molecular flexibility index (Phi) is 6.01. The number of ether oxygens (including phenoxy) is 1. The second kappa shape index (κ2) is 8.85. The Bertz CT molecular complexity index is 1040. The lowest BCUT2D eigenvalue weighted by Gasteiger charge is -2.34. The number of benzene rings is 2. The predicted molar refractivity (Wildman–Crippen MR) is 114 cm³/mol. The summed E-state index contributed by atoms with van der Waals surface area (Å²) in [5.41, 5.74) is 2.56. The zero-order valence-corrected chi connectivity index (χ0v) is 17.7. The van der Waals surface area contributed by atoms with E-state index < -0.39 is 0 Å². The van der Waals surface area contributed by atoms with E-state index in [0.717, 1.165) is 24.2 Å². The number of rotatable bonds is 5. The van der Waals surface area contributed by atoms with Gasteiger partial charge in [-0.25, -0.2) is 0 Å². The minimum atomic E-state index is -0.0753. The summed E-state index contributed by atoms with van der Waals surface area (Å²) in [6.45, 7) is 5.23. The maximum Gasteiger partial charge on any atom is 0.257 e. The molecule has 2 heterocycles. The molecular weight excluding hydrogens is 404 g/mol. The molecule has 2 aromatic carbocycles. The number of aromatic nitrogens is 2. The van der Waals surface area contributed by atoms with E-state index in [0.29, 0.717) is 47.7 Å². The number of nitrogens with zero attached hydrogens (tertiary/aromatic N) is 4. The molecular formula is C22H23ClN4O3. The van der Waals surface area contributed by atoms with Crippen molar-refractivity contribution in [1.82, 2.24) is 19.9 Å². The number of aryl methyl sites for hydroxylation is 1. The highest BCUT2D eigenvalue weighted by Gasteiger charge is 2.25. The number of amides is 1. The van der Waals surface area contributed by atoms with Crippen LogP contribution in [-0.4, -0.2) is 59.1 Å². The van der Waals surface area contributed by atoms with Gasteiger partial charge in [0.2, 0.25) is 11.7 Å². The van der Waals surface area contributed by atoms with E-state index in [1.165, 1.54) is 0 Å². The number of piperazine rings is 1. The highest BCUT2D eigenvalue weighted by Crippen LogP contribution is 2.25. The van der Waals surface area contributed by atoms with Crippen LogP contribution in [0.4, 0.5) is 0 Å². The molecule has 0 radical (unpaired) electrons. The van der Waals surface area contributed by atoms with Crippen LogP contribution in [0, 0.1) is 6.92 Å². The quantitative estimate of drug-likeness (QED) is 0.620. The summed E-state index contributed by atoms with van der Waals surface area (Å²) >= 11 is 6.07. The van der Waals surface area contributed by atoms with Gasteiger partial charge in [-0.1, -0.05) is 41.0 Å². The van der Waals surface area contributed by atoms with Crippen molar-refractivity contribution < 1.29 is 14.1 Å². The van der Waals surface area contributed by atoms with E-state index in [1.54, 1.807) is 25.3 Å². The molecule has 0 atom stereocenters. The summed E-state index contributed by atoms with van der Waals surface area (Å²) in [5, 5.41) is 4.63. The van der Waals surface area contributed by atoms with Crippen molar-refractivity contribution in [2.24, 2.45) is 0 Å². The molecule has 0 bridgehead atoms. The SMILES string of the molecule is COc1ccc(Cl)cc1C(=O)N1CCN(Cc2nc(-c3ccccc3C)no2)CC1. The van der Waals surface area contributed by atoms with Crippen LogP contribution < -0.4 is 4.74 Å². The molecule has 0 saturated carbocycles. The summed E-state index contributed by atoms with van der Waals surface area (Å²) in [4.78, 5) is 21.5. The number of carbonyl (C=O) groups is 1. The van der Waals surface area contributed by atoms with Gasteiger partial charge in [0.15, 0.2) is 0 Å². The van der Waals surface area contributed by atoms with Gasteiger partial charge in [0, 0.05) is 36.8 Å². The maximum absolute atomic E-state index is 12.9. The first-order chi connectivity index (χ1) is 14.5. The van der Waals surface area contributed by atoms with E-state index in [1.807, 2.05) is 36.1 Å². The van der Waals surface area contributed by atoms with E-state index in [4.69, 9.17) is 20.9 Å². The first kappa shape index (κ1) is 20.4. The van der Waals surface area contributed by atoms with Gasteiger partial charge in [-0.15, -0.1) is 0 Å². The Morgan fingerprint density at radius 3 is 2.67 bits per heavy atom. The van der Waals surface area contributed by atoms with Crippen molar-refractivity contribution in [2.75, 3.05) is 33.3 Å². The summed E-state index contributed by atoms with van der Waals surface area (Å²) < 4.78 is 10.8. The minimum absolute atomic E-state index is 0.0753. The van der Waals surface area contributed by atoms with Crippen molar-refractivity contribution in [3.8, 4) is 17.1 Å². The van der Waals surface area contributed by atoms with Crippen LogP contribution in [0.5, 0.6) is 5.75 Å². The molecule has 0 aliphatic carbocycles. The van der Waals surface area contributed by atoms with Crippen molar-refractivity contribution >= 4 is 17.5 Å². The fourth-order valence-corrected chi connectivity index (χ4v) is 3.74. The third-order valence-corrected chi connectivity index (χ3v) is 5.50. The van der Waals surface area contributed by atoms with Crippen LogP contribution >= 0.6 is 11.6 Å². The standard InChI is InChI=1S/C22H23ClN4O3/c1-15-5-3-4-6-17(15)21-24-20(30-25-21)14-26-9-11-27(12-10-26)22(28)18-13-16(23)7-8-19(18)29-2/h3-8,13H,9-12,14H2,1-2H3. The topological polar surface area (TPSA) is 71.7 Å². The lowest BCUT2D eigenvalue weighted by Crippen LogP contribution is -2.48. The smallest absolute Gasteiger partial charge is 0.257 e. The second-order valence-electron chi connectivity index (χ2n) is 7.24. The Hall–Kier alpha value is -2.90. The Balaban J connectivity index is 1.37. The van der Waals surface area contributed by atoms with Crippen molar-refractivity contribution in [3.05, 3.63) is 64.5 Å². The molecule has 3 aromatic rings. The van der Waals surface area contributed by atoms with Gasteiger partial charge in [-0.05, 0) is 30.7 Å². The van der Waals surface area contributed by atoms with Crippen molar-refractivity contribution in [1.29, 1.82) is 0 Å². The molecule has 1 amide bonds. The van der Waals surface area contributed by atoms with Gasteiger partial charge in [0.25, 0.3) is 5.91 Å². The Labute approximate surface area is 180 Å². The molecule has 0 unspecified atom stereocenters. The average molecular weight is 427 g/mol. The monoisotopic (exact) mass is 426 g/mol. The summed E-state index contributed by atoms with van der Waals surface area (Å²) in [6, 6.07) is 13.0. The van der Waals surface area contributed by atoms with Crippen molar-refractivity contribution in [2.45, 2.75) is 13.5 Å². The number of halogens is 1. The minimum Gasteiger partial charge on any atom is -0.496 e. The lowest BCUT2D eigenvalue weighted by molar-refractivity contribution is 0.0612. The first-order valence-electron chi connectivity index (χ1n) is 9.79. The van der Waals surface area contributed by atoms with Crippen LogP contribution in [0.3, 0.4) is 0 Å². The molecule has 7 nitrogen and oxygen atoms in total. The molecule has 1 saturated heterocycles. The fraction of sp³-hybridized carbons (Fsp3) is 0.318. The largest absolute Gasteiger partial charge is 0.496 e. The highest BCUT2D eigenvalue weighted by molar-refractivity contribution is 6.31. The van der Waals surface area contributed by atoms with Gasteiger partial charge in [-0.2, -0.15) is 4.98 Å². The predicted octanol–water partition coefficient (Wildman–Crippen LogP) is 3.67. The Morgan fingerprint density at radius 1 is 1.17 bits per heavy atom. The van der Waals surface area contributed by atoms with Crippen LogP contribution in [-0.2, 0) is 6.54 Å². The van der Waals surface area contributed by atoms with Gasteiger partial charge < -0.3 is 14.2 Å². The number of hydrogen-bond donors (Lipinski definition) is 0. The van der Waals surface area contributed by atoms with Crippen LogP contribution in [0.15, 0.2) is 47.0 Å². The highest BCUT2D eigenvalue weighted by atomic mass is 35.5. The van der Waals surface area contributed by atoms with E-state index in [2.05, 4.69) is 15.0 Å². The van der Waals surface area contributed by atoms with Gasteiger partial charge in [-0.3, -0.25) is 9.69 Å². The molecule has 0 N–H and O–H groups in total. The van der Waals surface area contributed by atoms with Gasteiger partial charge in [0.1, 0.15) is 5.75 Å². The zero-order chi connectivity index (χ0) is 21.1. The Morgan fingerprint density at radius 2 is 1.93 bits per heavy atom. The number of methoxy groups -OCH3 is 1. The normalized spacial score (nSPS) is 14.7. The molecule has 156 valence electrons. The fourth-order valence-electron chi connectivity index (χ4n) is 3.57. The summed E-state index contributed by atoms with van der Waals surface area (Å²) in [7, 11) is 1.55. The number of hydrogen-bond acceptors (Lipinski definition) is 6. The number of carbonyl (C=O) groups excluding carboxylic acids is 1. The van der Waals surface area contributed by atoms with Crippen LogP contribution in [0.2, 0.25) is 5.02 Å². The molecule has 4 rings (SSSR count). The lowest BCUT2D eigenvalue weighted by atomic mass is 10.1. The third kappa shape index (κ3) is 4.32. The molecule has 1 aliphatic heterocycles. The molecule has 1 aliphatic rings. The zero-order valence-electron chi connectivity index (χ0n) is 17.0. The third-order valence-electron chi connectivity index (χ3n) is 5.26. The molecule has 8 heteroatoms. The van der Waals surface area contributed by atoms with E-state index in [-0.39, 0.29) is 5.91 Å². The summed E-state index contributed by atoms with van der Waals surface area (Å²) in [6.07, 6.45) is 0. The first-order valence-corrected chi connectivity index (χ1v) is 10.2. The summed E-state index contributed by atoms with van der Waals surface area (Å²) in [5.74, 6) is 1.63. The molecule has 30 heavy (non-hydrogen) atoms.